The first-order chi connectivity index (χ1) is 14.2. The van der Waals surface area contributed by atoms with Crippen molar-refractivity contribution >= 4 is 12.1 Å². The molecule has 1 aliphatic carbocycles. The summed E-state index contributed by atoms with van der Waals surface area (Å²) in [5.41, 5.74) is -0.459. The number of hydrogen-bond donors (Lipinski definition) is 3. The maximum atomic E-state index is 12.0. The SMILES string of the molecule is CCNC(=NCC(C)CN1CCOCC1)NC1CCC(NC(=O)OC(C)(C)C)CC1. The van der Waals surface area contributed by atoms with Crippen molar-refractivity contribution in [1.82, 2.24) is 20.9 Å². The summed E-state index contributed by atoms with van der Waals surface area (Å²) < 4.78 is 10.8. The van der Waals surface area contributed by atoms with Crippen molar-refractivity contribution in [1.29, 1.82) is 0 Å². The van der Waals surface area contributed by atoms with E-state index in [-0.39, 0.29) is 12.1 Å². The van der Waals surface area contributed by atoms with Crippen LogP contribution in [-0.2, 0) is 9.47 Å². The highest BCUT2D eigenvalue weighted by atomic mass is 16.6. The van der Waals surface area contributed by atoms with E-state index >= 15 is 0 Å². The lowest BCUT2D eigenvalue weighted by molar-refractivity contribution is 0.0323. The molecule has 0 aromatic carbocycles. The number of aliphatic imine (C=N–C) groups is 1. The monoisotopic (exact) mass is 425 g/mol. The Bertz CT molecular complexity index is 535. The standard InChI is InChI=1S/C22H43N5O3/c1-6-23-20(24-15-17(2)16-27-11-13-29-14-12-27)25-18-7-9-19(10-8-18)26-21(28)30-22(3,4)5/h17-19H,6-16H2,1-5H3,(H,26,28)(H2,23,24,25). The molecule has 0 bridgehead atoms. The molecular weight excluding hydrogens is 382 g/mol. The summed E-state index contributed by atoms with van der Waals surface area (Å²) in [4.78, 5) is 19.3. The van der Waals surface area contributed by atoms with Crippen LogP contribution in [0.3, 0.4) is 0 Å². The number of carbonyl (C=O) groups excluding carboxylic acids is 1. The molecule has 8 nitrogen and oxygen atoms in total. The van der Waals surface area contributed by atoms with E-state index in [0.717, 1.165) is 77.6 Å². The average Bonchev–Trinajstić information content (AvgIpc) is 2.67. The Balaban J connectivity index is 1.73. The van der Waals surface area contributed by atoms with Crippen molar-refractivity contribution in [3.8, 4) is 0 Å². The summed E-state index contributed by atoms with van der Waals surface area (Å²) in [5.74, 6) is 1.40. The van der Waals surface area contributed by atoms with Gasteiger partial charge in [-0.15, -0.1) is 0 Å². The number of nitrogens with one attached hydrogen (secondary N) is 3. The van der Waals surface area contributed by atoms with Gasteiger partial charge in [-0.3, -0.25) is 9.89 Å². The molecule has 1 saturated carbocycles. The number of alkyl carbamates (subject to hydrolysis) is 1. The largest absolute Gasteiger partial charge is 0.444 e. The van der Waals surface area contributed by atoms with E-state index in [2.05, 4.69) is 34.7 Å². The third-order valence-electron chi connectivity index (χ3n) is 5.37. The van der Waals surface area contributed by atoms with Crippen LogP contribution in [0.5, 0.6) is 0 Å². The second-order valence-electron chi connectivity index (χ2n) is 9.58. The van der Waals surface area contributed by atoms with Crippen LogP contribution in [0.2, 0.25) is 0 Å². The Morgan fingerprint density at radius 2 is 1.73 bits per heavy atom. The molecule has 3 N–H and O–H groups in total. The van der Waals surface area contributed by atoms with Crippen molar-refractivity contribution < 1.29 is 14.3 Å². The third-order valence-corrected chi connectivity index (χ3v) is 5.37. The Labute approximate surface area is 182 Å². The normalized spacial score (nSPS) is 24.8. The van der Waals surface area contributed by atoms with Gasteiger partial charge in [0.25, 0.3) is 0 Å². The van der Waals surface area contributed by atoms with Gasteiger partial charge in [-0.25, -0.2) is 4.79 Å². The third kappa shape index (κ3) is 9.98. The smallest absolute Gasteiger partial charge is 0.407 e. The van der Waals surface area contributed by atoms with E-state index in [1.165, 1.54) is 0 Å². The second-order valence-corrected chi connectivity index (χ2v) is 9.58. The fourth-order valence-corrected chi connectivity index (χ4v) is 3.90. The number of guanidine groups is 1. The first-order valence-corrected chi connectivity index (χ1v) is 11.6. The molecule has 1 unspecified atom stereocenters. The number of rotatable bonds is 7. The lowest BCUT2D eigenvalue weighted by atomic mass is 9.91. The molecule has 2 fully saturated rings. The lowest BCUT2D eigenvalue weighted by Gasteiger charge is -2.31. The Kier molecular flexibility index (Phi) is 10.2. The van der Waals surface area contributed by atoms with Crippen molar-refractivity contribution in [3.63, 3.8) is 0 Å². The maximum absolute atomic E-state index is 12.0. The summed E-state index contributed by atoms with van der Waals surface area (Å²) >= 11 is 0. The number of amides is 1. The quantitative estimate of drug-likeness (QED) is 0.429. The van der Waals surface area contributed by atoms with Crippen molar-refractivity contribution in [3.05, 3.63) is 0 Å². The molecule has 0 aromatic heterocycles. The van der Waals surface area contributed by atoms with E-state index in [1.54, 1.807) is 0 Å². The van der Waals surface area contributed by atoms with Gasteiger partial charge in [0.05, 0.1) is 13.2 Å². The van der Waals surface area contributed by atoms with Gasteiger partial charge in [0.15, 0.2) is 5.96 Å². The summed E-state index contributed by atoms with van der Waals surface area (Å²) in [6.07, 6.45) is 3.60. The Morgan fingerprint density at radius 3 is 2.30 bits per heavy atom. The van der Waals surface area contributed by atoms with Crippen molar-refractivity contribution in [2.24, 2.45) is 10.9 Å². The van der Waals surface area contributed by atoms with E-state index < -0.39 is 5.60 Å². The molecule has 0 aromatic rings. The molecule has 30 heavy (non-hydrogen) atoms. The van der Waals surface area contributed by atoms with E-state index in [9.17, 15) is 4.79 Å². The molecule has 1 saturated heterocycles. The number of nitrogens with zero attached hydrogens (tertiary/aromatic N) is 2. The van der Waals surface area contributed by atoms with E-state index in [1.807, 2.05) is 20.8 Å². The van der Waals surface area contributed by atoms with Crippen LogP contribution in [0.25, 0.3) is 0 Å². The zero-order valence-electron chi connectivity index (χ0n) is 19.6. The topological polar surface area (TPSA) is 87.2 Å². The highest BCUT2D eigenvalue weighted by Crippen LogP contribution is 2.19. The molecule has 8 heteroatoms. The highest BCUT2D eigenvalue weighted by Gasteiger charge is 2.25. The van der Waals surface area contributed by atoms with Gasteiger partial charge in [-0.2, -0.15) is 0 Å². The van der Waals surface area contributed by atoms with Crippen molar-refractivity contribution in [2.45, 2.75) is 78.0 Å². The molecule has 0 radical (unpaired) electrons. The van der Waals surface area contributed by atoms with E-state index in [4.69, 9.17) is 14.5 Å². The Morgan fingerprint density at radius 1 is 1.13 bits per heavy atom. The van der Waals surface area contributed by atoms with Crippen LogP contribution < -0.4 is 16.0 Å². The summed E-state index contributed by atoms with van der Waals surface area (Å²) in [6, 6.07) is 0.569. The minimum atomic E-state index is -0.459. The van der Waals surface area contributed by atoms with Crippen LogP contribution in [0.4, 0.5) is 4.79 Å². The summed E-state index contributed by atoms with van der Waals surface area (Å²) in [7, 11) is 0. The minimum Gasteiger partial charge on any atom is -0.444 e. The van der Waals surface area contributed by atoms with Gasteiger partial charge in [0.2, 0.25) is 0 Å². The summed E-state index contributed by atoms with van der Waals surface area (Å²) in [6.45, 7) is 16.4. The average molecular weight is 426 g/mol. The van der Waals surface area contributed by atoms with Gasteiger partial charge in [-0.05, 0) is 59.3 Å². The van der Waals surface area contributed by atoms with Crippen LogP contribution in [0.15, 0.2) is 4.99 Å². The number of morpholine rings is 1. The molecule has 1 amide bonds. The number of hydrogen-bond acceptors (Lipinski definition) is 5. The molecule has 0 spiro atoms. The zero-order valence-corrected chi connectivity index (χ0v) is 19.6. The molecule has 174 valence electrons. The minimum absolute atomic E-state index is 0.186. The Hall–Kier alpha value is -1.54. The predicted octanol–water partition coefficient (Wildman–Crippen LogP) is 2.35. The number of carbonyl (C=O) groups is 1. The lowest BCUT2D eigenvalue weighted by Crippen LogP contribution is -2.48. The molecule has 1 aliphatic heterocycles. The van der Waals surface area contributed by atoms with Gasteiger partial charge >= 0.3 is 6.09 Å². The molecule has 1 heterocycles. The van der Waals surface area contributed by atoms with E-state index in [0.29, 0.717) is 12.0 Å². The molecule has 2 aliphatic rings. The zero-order chi connectivity index (χ0) is 22.0. The van der Waals surface area contributed by atoms with Gasteiger partial charge in [0, 0.05) is 44.8 Å². The second kappa shape index (κ2) is 12.3. The fourth-order valence-electron chi connectivity index (χ4n) is 3.90. The molecule has 1 atom stereocenters. The first-order valence-electron chi connectivity index (χ1n) is 11.6. The van der Waals surface area contributed by atoms with Gasteiger partial charge < -0.3 is 25.4 Å². The van der Waals surface area contributed by atoms with Crippen LogP contribution in [0.1, 0.15) is 60.3 Å². The number of ether oxygens (including phenoxy) is 2. The molecular formula is C22H43N5O3. The van der Waals surface area contributed by atoms with Crippen molar-refractivity contribution in [2.75, 3.05) is 45.9 Å². The summed E-state index contributed by atoms with van der Waals surface area (Å²) in [5, 5.41) is 9.97. The first kappa shape index (κ1) is 24.7. The maximum Gasteiger partial charge on any atom is 0.407 e. The van der Waals surface area contributed by atoms with Crippen LogP contribution in [0, 0.1) is 5.92 Å². The van der Waals surface area contributed by atoms with Gasteiger partial charge in [-0.1, -0.05) is 6.92 Å². The fraction of sp³-hybridized carbons (Fsp3) is 0.909. The van der Waals surface area contributed by atoms with Gasteiger partial charge in [0.1, 0.15) is 5.60 Å². The predicted molar refractivity (Wildman–Crippen MR) is 121 cm³/mol. The van der Waals surface area contributed by atoms with Crippen LogP contribution >= 0.6 is 0 Å². The highest BCUT2D eigenvalue weighted by molar-refractivity contribution is 5.80. The molecule has 2 rings (SSSR count). The van der Waals surface area contributed by atoms with Crippen LogP contribution in [-0.4, -0.2) is 80.6 Å².